The molecule has 0 saturated heterocycles. The van der Waals surface area contributed by atoms with Crippen LogP contribution in [-0.4, -0.2) is 251 Å². The normalized spacial score (nSPS) is 14.3. The highest BCUT2D eigenvalue weighted by Crippen LogP contribution is 2.08. The SMILES string of the molecule is C[C@H](NC(=O)[C@H](CCCN=C(N)N)NC(=O)[C@@H](N)CCCN=C(N)N)C(=O)N[C@@H](CC(=O)O)C(=O)N[C@@H](CC(=O)O)C(=O)N[C@@H](CO)C(=O)N[C@@H](CC(=O)O)C(=O)N[C@@H](CC(=O)O)C(=O)N[C@@H](CC(=O)O)C(=O)N[C@@H](CC(=O)O)C(=O)N[C@@H](CC(=O)O)C(=O)O. The van der Waals surface area contributed by atoms with Crippen molar-refractivity contribution in [3.63, 3.8) is 0 Å². The number of carbonyl (C=O) groups excluding carboxylic acids is 10. The van der Waals surface area contributed by atoms with Crippen LogP contribution in [-0.2, 0) is 86.3 Å². The third-order valence-electron chi connectivity index (χ3n) is 11.5. The minimum Gasteiger partial charge on any atom is -0.481 e. The Labute approximate surface area is 505 Å². The van der Waals surface area contributed by atoms with Gasteiger partial charge in [-0.05, 0) is 32.6 Å². The molecule has 0 bridgehead atoms. The molecular weight excluding hydrogens is 1220 g/mol. The van der Waals surface area contributed by atoms with Gasteiger partial charge in [0, 0.05) is 13.1 Å². The molecule has 502 valence electrons. The van der Waals surface area contributed by atoms with Crippen LogP contribution in [0.1, 0.15) is 77.6 Å². The molecule has 0 aliphatic rings. The number of amides is 10. The minimum absolute atomic E-state index is 0.0343. The number of hydrogen-bond donors (Lipinski definition) is 24. The third kappa shape index (κ3) is 32.4. The summed E-state index contributed by atoms with van der Waals surface area (Å²) in [6.45, 7) is -0.384. The largest absolute Gasteiger partial charge is 0.481 e. The number of carboxylic acid groups (broad SMARTS) is 8. The van der Waals surface area contributed by atoms with E-state index < -0.39 is 225 Å². The van der Waals surface area contributed by atoms with Crippen LogP contribution in [0.3, 0.4) is 0 Å². The number of nitrogens with two attached hydrogens (primary N) is 5. The molecule has 0 fully saturated rings. The van der Waals surface area contributed by atoms with Crippen molar-refractivity contribution in [3.8, 4) is 0 Å². The van der Waals surface area contributed by atoms with Gasteiger partial charge < -0.3 is 128 Å². The maximum absolute atomic E-state index is 13.5. The van der Waals surface area contributed by atoms with Crippen molar-refractivity contribution in [1.82, 2.24) is 53.2 Å². The smallest absolute Gasteiger partial charge is 0.326 e. The summed E-state index contributed by atoms with van der Waals surface area (Å²) in [6, 6.07) is -23.1. The summed E-state index contributed by atoms with van der Waals surface area (Å²) in [6.07, 6.45) is -9.60. The first-order chi connectivity index (χ1) is 41.8. The van der Waals surface area contributed by atoms with E-state index in [1.807, 2.05) is 10.6 Å². The molecule has 44 heteroatoms. The predicted octanol–water partition coefficient (Wildman–Crippen LogP) is -12.3. The second-order valence-corrected chi connectivity index (χ2v) is 19.0. The highest BCUT2D eigenvalue weighted by molar-refractivity contribution is 6.02. The van der Waals surface area contributed by atoms with Crippen LogP contribution in [0.4, 0.5) is 0 Å². The lowest BCUT2D eigenvalue weighted by atomic mass is 10.1. The van der Waals surface area contributed by atoms with Crippen molar-refractivity contribution in [1.29, 1.82) is 0 Å². The van der Waals surface area contributed by atoms with Crippen LogP contribution in [0.15, 0.2) is 9.98 Å². The van der Waals surface area contributed by atoms with E-state index in [9.17, 15) is 127 Å². The minimum atomic E-state index is -2.47. The Morgan fingerprint density at radius 2 is 0.556 bits per heavy atom. The van der Waals surface area contributed by atoms with Gasteiger partial charge in [0.15, 0.2) is 11.9 Å². The lowest BCUT2D eigenvalue weighted by Gasteiger charge is -2.26. The lowest BCUT2D eigenvalue weighted by molar-refractivity contribution is -0.148. The van der Waals surface area contributed by atoms with Gasteiger partial charge in [-0.3, -0.25) is 91.5 Å². The zero-order valence-electron chi connectivity index (χ0n) is 47.4. The molecule has 90 heavy (non-hydrogen) atoms. The molecule has 0 aliphatic heterocycles. The van der Waals surface area contributed by atoms with E-state index in [0.29, 0.717) is 0 Å². The van der Waals surface area contributed by atoms with Gasteiger partial charge in [0.2, 0.25) is 59.1 Å². The van der Waals surface area contributed by atoms with Crippen molar-refractivity contribution in [2.75, 3.05) is 19.7 Å². The number of nitrogens with one attached hydrogen (secondary N) is 10. The quantitative estimate of drug-likeness (QED) is 0.0153. The monoisotopic (exact) mass is 1290 g/mol. The summed E-state index contributed by atoms with van der Waals surface area (Å²) in [7, 11) is 0. The van der Waals surface area contributed by atoms with Crippen LogP contribution >= 0.6 is 0 Å². The zero-order valence-corrected chi connectivity index (χ0v) is 47.4. The van der Waals surface area contributed by atoms with Gasteiger partial charge in [-0.1, -0.05) is 0 Å². The molecule has 0 radical (unpaired) electrons. The van der Waals surface area contributed by atoms with Crippen molar-refractivity contribution in [2.24, 2.45) is 38.7 Å². The second-order valence-electron chi connectivity index (χ2n) is 19.0. The maximum atomic E-state index is 13.5. The standard InChI is InChI=1S/C46H71N17O27/c1-16(54-36(81)18(5-3-7-53-46(50)51)55-35(80)17(47)4-2-6-52-45(48)49)34(79)56-19(8-27(65)66)37(82)60-24(13-32(75)76)42(87)63-26(15-64)43(88)61-22(11-30(71)72)40(85)58-20(9-28(67)68)38(83)57-21(10-29(69)70)39(84)59-23(12-31(73)74)41(86)62-25(44(89)90)14-33(77)78/h16-26,64H,2-15,47H2,1H3,(H,54,81)(H,55,80)(H,56,79)(H,57,83)(H,58,85)(H,59,84)(H,60,82)(H,61,88)(H,62,86)(H,63,87)(H,65,66)(H,67,68)(H,69,70)(H,71,72)(H,73,74)(H,75,76)(H,77,78)(H,89,90)(H4,48,49,52)(H4,50,51,53)/t16-,17-,18-,19-,20-,21-,22-,23-,24-,25-,26-/m0/s1. The van der Waals surface area contributed by atoms with Crippen LogP contribution in [0.2, 0.25) is 0 Å². The van der Waals surface area contributed by atoms with Gasteiger partial charge in [-0.25, -0.2) is 4.79 Å². The molecular formula is C46H71N17O27. The summed E-state index contributed by atoms with van der Waals surface area (Å²) in [4.78, 5) is 234. The van der Waals surface area contributed by atoms with E-state index >= 15 is 0 Å². The number of hydrogen-bond acceptors (Lipinski definition) is 22. The van der Waals surface area contributed by atoms with Crippen molar-refractivity contribution in [3.05, 3.63) is 0 Å². The van der Waals surface area contributed by atoms with Crippen LogP contribution in [0.5, 0.6) is 0 Å². The van der Waals surface area contributed by atoms with Gasteiger partial charge in [0.1, 0.15) is 60.4 Å². The van der Waals surface area contributed by atoms with E-state index in [-0.39, 0.29) is 50.7 Å². The molecule has 11 atom stereocenters. The Balaban J connectivity index is 6.61. The summed E-state index contributed by atoms with van der Waals surface area (Å²) < 4.78 is 0. The molecule has 0 aliphatic carbocycles. The number of aliphatic hydroxyl groups excluding tert-OH is 1. The van der Waals surface area contributed by atoms with Gasteiger partial charge in [0.25, 0.3) is 0 Å². The molecule has 0 unspecified atom stereocenters. The highest BCUT2D eigenvalue weighted by atomic mass is 16.4. The van der Waals surface area contributed by atoms with E-state index in [1.54, 1.807) is 31.9 Å². The molecule has 44 nitrogen and oxygen atoms in total. The lowest BCUT2D eigenvalue weighted by Crippen LogP contribution is -2.61. The number of guanidine groups is 2. The Hall–Kier alpha value is -11.1. The molecule has 0 rings (SSSR count). The van der Waals surface area contributed by atoms with Crippen molar-refractivity contribution < 1.29 is 132 Å². The first kappa shape index (κ1) is 78.9. The maximum Gasteiger partial charge on any atom is 0.326 e. The van der Waals surface area contributed by atoms with Crippen molar-refractivity contribution in [2.45, 2.75) is 144 Å². The summed E-state index contributed by atoms with van der Waals surface area (Å²) >= 11 is 0. The van der Waals surface area contributed by atoms with E-state index in [1.165, 1.54) is 0 Å². The van der Waals surface area contributed by atoms with Gasteiger partial charge in [-0.2, -0.15) is 0 Å². The molecule has 0 saturated carbocycles. The fourth-order valence-corrected chi connectivity index (χ4v) is 7.16. The Bertz CT molecular complexity index is 2760. The van der Waals surface area contributed by atoms with E-state index in [0.717, 1.165) is 6.92 Å². The molecule has 0 heterocycles. The summed E-state index contributed by atoms with van der Waals surface area (Å²) in [5.41, 5.74) is 27.2. The van der Waals surface area contributed by atoms with Gasteiger partial charge in [0.05, 0.1) is 57.6 Å². The molecule has 29 N–H and O–H groups in total. The molecule has 0 aromatic heterocycles. The Morgan fingerprint density at radius 1 is 0.322 bits per heavy atom. The van der Waals surface area contributed by atoms with Gasteiger partial charge in [-0.15, -0.1) is 0 Å². The summed E-state index contributed by atoms with van der Waals surface area (Å²) in [5, 5.41) is 104. The molecule has 0 spiro atoms. The van der Waals surface area contributed by atoms with Crippen LogP contribution < -0.4 is 81.8 Å². The number of aliphatic carboxylic acids is 8. The highest BCUT2D eigenvalue weighted by Gasteiger charge is 2.38. The topological polar surface area (TPSA) is 764 Å². The first-order valence-electron chi connectivity index (χ1n) is 26.0. The van der Waals surface area contributed by atoms with E-state index in [2.05, 4.69) is 20.6 Å². The van der Waals surface area contributed by atoms with Crippen LogP contribution in [0.25, 0.3) is 0 Å². The first-order valence-corrected chi connectivity index (χ1v) is 26.0. The zero-order chi connectivity index (χ0) is 69.3. The number of aliphatic imine (C=N–C) groups is 2. The number of rotatable bonds is 44. The summed E-state index contributed by atoms with van der Waals surface area (Å²) in [5.74, 6) is -30.6. The molecule has 10 amide bonds. The fourth-order valence-electron chi connectivity index (χ4n) is 7.16. The molecule has 0 aromatic rings. The third-order valence-corrected chi connectivity index (χ3v) is 11.5. The average molecular weight is 1290 g/mol. The van der Waals surface area contributed by atoms with Crippen molar-refractivity contribution >= 4 is 119 Å². The average Bonchev–Trinajstić information content (AvgIpc) is 3.57. The Morgan fingerprint density at radius 3 is 0.833 bits per heavy atom. The Kier molecular flexibility index (Phi) is 34.7. The molecule has 0 aromatic carbocycles. The van der Waals surface area contributed by atoms with E-state index in [4.69, 9.17) is 33.8 Å². The fraction of sp³-hybridized carbons (Fsp3) is 0.565. The second kappa shape index (κ2) is 39.6. The number of aliphatic hydroxyl groups is 1. The predicted molar refractivity (Wildman–Crippen MR) is 293 cm³/mol. The van der Waals surface area contributed by atoms with Gasteiger partial charge >= 0.3 is 47.8 Å². The number of nitrogens with zero attached hydrogens (tertiary/aromatic N) is 2. The van der Waals surface area contributed by atoms with Crippen LogP contribution in [0, 0.1) is 0 Å². The number of carbonyl (C=O) groups is 18. The number of carboxylic acids is 8.